The highest BCUT2D eigenvalue weighted by Crippen LogP contribution is 2.28. The third-order valence-corrected chi connectivity index (χ3v) is 8.33. The van der Waals surface area contributed by atoms with E-state index < -0.39 is 10.0 Å². The molecule has 0 radical (unpaired) electrons. The third-order valence-electron chi connectivity index (χ3n) is 4.03. The molecule has 0 unspecified atom stereocenters. The van der Waals surface area contributed by atoms with Crippen molar-refractivity contribution in [2.75, 3.05) is 30.9 Å². The van der Waals surface area contributed by atoms with Gasteiger partial charge in [0.1, 0.15) is 11.5 Å². The molecule has 0 aromatic heterocycles. The molecule has 0 atom stereocenters. The quantitative estimate of drug-likeness (QED) is 0.676. The Morgan fingerprint density at radius 1 is 1.19 bits per heavy atom. The van der Waals surface area contributed by atoms with Crippen molar-refractivity contribution < 1.29 is 8.42 Å². The molecule has 1 aliphatic heterocycles. The van der Waals surface area contributed by atoms with Crippen LogP contribution >= 0.6 is 0 Å². The van der Waals surface area contributed by atoms with Crippen molar-refractivity contribution in [1.82, 2.24) is 4.31 Å². The van der Waals surface area contributed by atoms with E-state index in [0.717, 1.165) is 17.1 Å². The van der Waals surface area contributed by atoms with E-state index in [9.17, 15) is 8.42 Å². The van der Waals surface area contributed by atoms with E-state index in [1.165, 1.54) is 6.26 Å². The molecule has 6 heteroatoms. The van der Waals surface area contributed by atoms with Gasteiger partial charge in [-0.25, -0.2) is 8.42 Å². The van der Waals surface area contributed by atoms with E-state index >= 15 is 0 Å². The molecular formula is C15H23N2O2S2+. The van der Waals surface area contributed by atoms with Crippen LogP contribution in [0.25, 0.3) is 0 Å². The number of sulfonamides is 1. The fraction of sp³-hybridized carbons (Fsp3) is 0.533. The normalized spacial score (nSPS) is 18.6. The van der Waals surface area contributed by atoms with Crippen molar-refractivity contribution in [2.24, 2.45) is 0 Å². The molecule has 0 amide bonds. The van der Waals surface area contributed by atoms with E-state index in [1.54, 1.807) is 4.31 Å². The molecule has 1 aliphatic rings. The first-order chi connectivity index (χ1) is 9.73. The van der Waals surface area contributed by atoms with Gasteiger partial charge in [0.25, 0.3) is 0 Å². The van der Waals surface area contributed by atoms with Crippen LogP contribution in [0.3, 0.4) is 0 Å². The molecule has 0 spiro atoms. The van der Waals surface area contributed by atoms with E-state index in [4.69, 9.17) is 5.41 Å². The van der Waals surface area contributed by atoms with Gasteiger partial charge in [-0.2, -0.15) is 4.31 Å². The lowest BCUT2D eigenvalue weighted by Crippen LogP contribution is -2.52. The van der Waals surface area contributed by atoms with Crippen molar-refractivity contribution in [3.8, 4) is 0 Å². The summed E-state index contributed by atoms with van der Waals surface area (Å²) in [5.74, 6) is 1.69. The highest BCUT2D eigenvalue weighted by Gasteiger charge is 2.45. The van der Waals surface area contributed by atoms with Crippen molar-refractivity contribution in [1.29, 1.82) is 5.41 Å². The average Bonchev–Trinajstić information content (AvgIpc) is 2.46. The maximum absolute atomic E-state index is 11.6. The lowest BCUT2D eigenvalue weighted by atomic mass is 9.99. The van der Waals surface area contributed by atoms with Crippen molar-refractivity contribution in [3.63, 3.8) is 0 Å². The predicted octanol–water partition coefficient (Wildman–Crippen LogP) is 1.73. The third kappa shape index (κ3) is 3.67. The Balaban J connectivity index is 2.10. The summed E-state index contributed by atoms with van der Waals surface area (Å²) in [7, 11) is -3.05. The number of hydrogen-bond acceptors (Lipinski definition) is 3. The zero-order valence-corrected chi connectivity index (χ0v) is 14.4. The minimum Gasteiger partial charge on any atom is -0.299 e. The molecule has 1 fully saturated rings. The van der Waals surface area contributed by atoms with Crippen LogP contribution in [0, 0.1) is 5.41 Å². The molecule has 2 rings (SSSR count). The molecule has 4 nitrogen and oxygen atoms in total. The fourth-order valence-electron chi connectivity index (χ4n) is 2.58. The fourth-order valence-corrected chi connectivity index (χ4v) is 6.17. The van der Waals surface area contributed by atoms with Crippen LogP contribution in [0.5, 0.6) is 0 Å². The van der Waals surface area contributed by atoms with E-state index in [-0.39, 0.29) is 15.6 Å². The maximum atomic E-state index is 11.6. The molecule has 0 bridgehead atoms. The van der Waals surface area contributed by atoms with Crippen LogP contribution < -0.4 is 0 Å². The van der Waals surface area contributed by atoms with Gasteiger partial charge in [0.05, 0.1) is 25.1 Å². The Labute approximate surface area is 130 Å². The number of nitrogens with one attached hydrogen (secondary N) is 1. The Kier molecular flexibility index (Phi) is 4.80. The van der Waals surface area contributed by atoms with E-state index in [2.05, 4.69) is 13.8 Å². The Hall–Kier alpha value is -0.850. The number of hydrogen-bond donors (Lipinski definition) is 1. The summed E-state index contributed by atoms with van der Waals surface area (Å²) >= 11 is 0. The van der Waals surface area contributed by atoms with Gasteiger partial charge in [-0.3, -0.25) is 5.41 Å². The van der Waals surface area contributed by atoms with Gasteiger partial charge >= 0.3 is 0 Å². The van der Waals surface area contributed by atoms with Crippen LogP contribution in [0.4, 0.5) is 0 Å². The summed E-state index contributed by atoms with van der Waals surface area (Å²) in [6.07, 6.45) is 1.27. The second kappa shape index (κ2) is 6.10. The van der Waals surface area contributed by atoms with Gasteiger partial charge in [0.2, 0.25) is 10.0 Å². The summed E-state index contributed by atoms with van der Waals surface area (Å²) < 4.78 is 24.5. The summed E-state index contributed by atoms with van der Waals surface area (Å²) in [4.78, 5) is 0. The summed E-state index contributed by atoms with van der Waals surface area (Å²) in [6.45, 7) is 5.38. The molecular weight excluding hydrogens is 304 g/mol. The minimum atomic E-state index is -3.08. The first-order valence-electron chi connectivity index (χ1n) is 7.00. The topological polar surface area (TPSA) is 61.2 Å². The molecule has 0 aliphatic carbocycles. The zero-order chi connectivity index (χ0) is 15.7. The molecule has 116 valence electrons. The molecule has 1 N–H and O–H groups in total. The summed E-state index contributed by atoms with van der Waals surface area (Å²) in [5.41, 5.74) is 1.61. The molecule has 1 aromatic rings. The number of rotatable bonds is 4. The first kappa shape index (κ1) is 16.5. The monoisotopic (exact) mass is 327 g/mol. The van der Waals surface area contributed by atoms with Gasteiger partial charge in [-0.05, 0) is 13.8 Å². The highest BCUT2D eigenvalue weighted by atomic mass is 32.2. The van der Waals surface area contributed by atoms with Gasteiger partial charge in [-0.15, -0.1) is 0 Å². The molecule has 1 aromatic carbocycles. The first-order valence-corrected chi connectivity index (χ1v) is 10.4. The SMILES string of the molecule is CC(C)(C(=N)c1ccccc1)[S+]1CCN(S(C)(=O)=O)CC1. The lowest BCUT2D eigenvalue weighted by molar-refractivity contribution is 0.445. The van der Waals surface area contributed by atoms with E-state index in [0.29, 0.717) is 18.8 Å². The van der Waals surface area contributed by atoms with Crippen molar-refractivity contribution in [3.05, 3.63) is 35.9 Å². The molecule has 0 saturated carbocycles. The van der Waals surface area contributed by atoms with E-state index in [1.807, 2.05) is 30.3 Å². The molecule has 21 heavy (non-hydrogen) atoms. The summed E-state index contributed by atoms with van der Waals surface area (Å²) in [5, 5.41) is 8.52. The van der Waals surface area contributed by atoms with Gasteiger partial charge in [-0.1, -0.05) is 30.3 Å². The Morgan fingerprint density at radius 3 is 2.19 bits per heavy atom. The average molecular weight is 327 g/mol. The smallest absolute Gasteiger partial charge is 0.211 e. The van der Waals surface area contributed by atoms with Gasteiger partial charge < -0.3 is 0 Å². The van der Waals surface area contributed by atoms with Crippen LogP contribution in [0.15, 0.2) is 30.3 Å². The minimum absolute atomic E-state index is 0.0283. The zero-order valence-electron chi connectivity index (χ0n) is 12.8. The van der Waals surface area contributed by atoms with Crippen LogP contribution in [-0.4, -0.2) is 54.0 Å². The van der Waals surface area contributed by atoms with Crippen LogP contribution in [0.2, 0.25) is 0 Å². The van der Waals surface area contributed by atoms with Crippen LogP contribution in [0.1, 0.15) is 19.4 Å². The summed E-state index contributed by atoms with van der Waals surface area (Å²) in [6, 6.07) is 9.81. The second-order valence-corrected chi connectivity index (χ2v) is 10.6. The lowest BCUT2D eigenvalue weighted by Gasteiger charge is -2.33. The molecule has 1 saturated heterocycles. The number of benzene rings is 1. The largest absolute Gasteiger partial charge is 0.299 e. The second-order valence-electron chi connectivity index (χ2n) is 5.81. The van der Waals surface area contributed by atoms with Crippen LogP contribution in [-0.2, 0) is 20.9 Å². The van der Waals surface area contributed by atoms with Gasteiger partial charge in [0, 0.05) is 16.5 Å². The predicted molar refractivity (Wildman–Crippen MR) is 90.9 cm³/mol. The number of nitrogens with zero attached hydrogens (tertiary/aromatic N) is 1. The van der Waals surface area contributed by atoms with Crippen molar-refractivity contribution >= 4 is 26.6 Å². The standard InChI is InChI=1S/C15H23N2O2S2/c1-15(2,14(16)13-7-5-4-6-8-13)20-11-9-17(10-12-20)21(3,18)19/h4-8,16H,9-12H2,1-3H3/q+1. The van der Waals surface area contributed by atoms with Gasteiger partial charge in [0.15, 0.2) is 4.75 Å². The Morgan fingerprint density at radius 2 is 1.71 bits per heavy atom. The maximum Gasteiger partial charge on any atom is 0.211 e. The van der Waals surface area contributed by atoms with Crippen molar-refractivity contribution in [2.45, 2.75) is 18.6 Å². The highest BCUT2D eigenvalue weighted by molar-refractivity contribution is 7.99. The molecule has 1 heterocycles. The Bertz CT molecular complexity index is 604.